The van der Waals surface area contributed by atoms with Crippen LogP contribution in [0.2, 0.25) is 0 Å². The number of hydrogen-bond acceptors (Lipinski definition) is 5. The Morgan fingerprint density at radius 2 is 1.95 bits per heavy atom. The fraction of sp³-hybridized carbons (Fsp3) is 0.625. The number of nitrogens with zero attached hydrogens (tertiary/aromatic N) is 2. The average Bonchev–Trinajstić information content (AvgIpc) is 2.55. The first-order chi connectivity index (χ1) is 8.51. The summed E-state index contributed by atoms with van der Waals surface area (Å²) in [6, 6.07) is 0. The van der Waals surface area contributed by atoms with Crippen LogP contribution in [0.3, 0.4) is 0 Å². The van der Waals surface area contributed by atoms with Crippen LogP contribution >= 0.6 is 0 Å². The first kappa shape index (κ1) is 15.9. The summed E-state index contributed by atoms with van der Waals surface area (Å²) in [7, 11) is -6.50. The van der Waals surface area contributed by atoms with Crippen LogP contribution in [0.15, 0.2) is 11.1 Å². The third kappa shape index (κ3) is 4.78. The minimum absolute atomic E-state index is 0.109. The zero-order chi connectivity index (χ0) is 14.8. The van der Waals surface area contributed by atoms with Crippen molar-refractivity contribution < 1.29 is 16.8 Å². The number of rotatable bonds is 6. The van der Waals surface area contributed by atoms with Gasteiger partial charge >= 0.3 is 0 Å². The molecule has 0 aliphatic heterocycles. The lowest BCUT2D eigenvalue weighted by molar-refractivity contribution is 0.564. The van der Waals surface area contributed by atoms with Crippen LogP contribution in [0.5, 0.6) is 0 Å². The van der Waals surface area contributed by atoms with Gasteiger partial charge in [-0.25, -0.2) is 13.6 Å². The van der Waals surface area contributed by atoms with Crippen molar-refractivity contribution >= 4 is 26.1 Å². The van der Waals surface area contributed by atoms with Gasteiger partial charge in [-0.2, -0.15) is 18.2 Å². The molecule has 0 atom stereocenters. The van der Waals surface area contributed by atoms with Crippen molar-refractivity contribution in [1.82, 2.24) is 14.5 Å². The van der Waals surface area contributed by atoms with E-state index < -0.39 is 20.2 Å². The second-order valence-corrected chi connectivity index (χ2v) is 7.44. The Labute approximate surface area is 112 Å². The van der Waals surface area contributed by atoms with Crippen molar-refractivity contribution in [1.29, 1.82) is 0 Å². The minimum Gasteiger partial charge on any atom is -0.272 e. The molecule has 0 aromatic carbocycles. The number of primary sulfonamides is 1. The average molecular weight is 311 g/mol. The molecule has 0 fully saturated rings. The number of aromatic nitrogens is 2. The summed E-state index contributed by atoms with van der Waals surface area (Å²) < 4.78 is 51.4. The highest BCUT2D eigenvalue weighted by molar-refractivity contribution is 7.91. The first-order valence-electron chi connectivity index (χ1n) is 5.35. The van der Waals surface area contributed by atoms with Gasteiger partial charge in [0.1, 0.15) is 4.90 Å². The monoisotopic (exact) mass is 311 g/mol. The highest BCUT2D eigenvalue weighted by Crippen LogP contribution is 2.18. The summed E-state index contributed by atoms with van der Waals surface area (Å²) in [4.78, 5) is -0.384. The molecule has 4 N–H and O–H groups in total. The lowest BCUT2D eigenvalue weighted by Crippen LogP contribution is -2.33. The Hall–Kier alpha value is -1.17. The summed E-state index contributed by atoms with van der Waals surface area (Å²) in [6.07, 6.45) is 1.12. The molecule has 9 nitrogen and oxygen atoms in total. The van der Waals surface area contributed by atoms with Crippen LogP contribution in [-0.2, 0) is 27.3 Å². The topological polar surface area (TPSA) is 136 Å². The van der Waals surface area contributed by atoms with E-state index >= 15 is 0 Å². The third-order valence-corrected chi connectivity index (χ3v) is 3.93. The molecule has 0 aliphatic rings. The van der Waals surface area contributed by atoms with Crippen LogP contribution in [0.1, 0.15) is 13.8 Å². The Morgan fingerprint density at radius 1 is 1.37 bits per heavy atom. The molecule has 0 unspecified atom stereocenters. The standard InChI is InChI=1S/C8H17N5O4S2/c1-6(2)4-10-19(16,17)12-8-7(18(9,14)15)5-13(3)11-8/h5-6,10H,4H2,1-3H3,(H,11,12)(H2,9,14,15). The molecular weight excluding hydrogens is 294 g/mol. The largest absolute Gasteiger partial charge is 0.300 e. The van der Waals surface area contributed by atoms with E-state index in [9.17, 15) is 16.8 Å². The van der Waals surface area contributed by atoms with Crippen LogP contribution in [0, 0.1) is 5.92 Å². The molecule has 0 aliphatic carbocycles. The van der Waals surface area contributed by atoms with Crippen molar-refractivity contribution in [3.05, 3.63) is 6.20 Å². The number of anilines is 1. The fourth-order valence-corrected chi connectivity index (χ4v) is 2.94. The number of nitrogens with one attached hydrogen (secondary N) is 2. The molecule has 19 heavy (non-hydrogen) atoms. The molecule has 0 amide bonds. The molecular formula is C8H17N5O4S2. The number of nitrogens with two attached hydrogens (primary N) is 1. The molecule has 0 saturated heterocycles. The van der Waals surface area contributed by atoms with Crippen molar-refractivity contribution in [3.8, 4) is 0 Å². The molecule has 11 heteroatoms. The van der Waals surface area contributed by atoms with E-state index in [0.29, 0.717) is 0 Å². The van der Waals surface area contributed by atoms with Crippen LogP contribution in [0.4, 0.5) is 5.82 Å². The normalized spacial score (nSPS) is 12.9. The van der Waals surface area contributed by atoms with E-state index in [1.165, 1.54) is 7.05 Å². The zero-order valence-electron chi connectivity index (χ0n) is 10.8. The summed E-state index contributed by atoms with van der Waals surface area (Å²) >= 11 is 0. The van der Waals surface area contributed by atoms with Gasteiger partial charge < -0.3 is 0 Å². The highest BCUT2D eigenvalue weighted by Gasteiger charge is 2.22. The number of hydrogen-bond donors (Lipinski definition) is 3. The van der Waals surface area contributed by atoms with Gasteiger partial charge in [-0.3, -0.25) is 9.40 Å². The highest BCUT2D eigenvalue weighted by atomic mass is 32.2. The third-order valence-electron chi connectivity index (χ3n) is 2.01. The van der Waals surface area contributed by atoms with Gasteiger partial charge in [-0.15, -0.1) is 0 Å². The Bertz CT molecular complexity index is 647. The maximum Gasteiger partial charge on any atom is 0.300 e. The Kier molecular flexibility index (Phi) is 4.55. The summed E-state index contributed by atoms with van der Waals surface area (Å²) in [5.41, 5.74) is 0. The van der Waals surface area contributed by atoms with Crippen molar-refractivity contribution in [2.75, 3.05) is 11.3 Å². The summed E-state index contributed by atoms with van der Waals surface area (Å²) in [5, 5.41) is 8.69. The smallest absolute Gasteiger partial charge is 0.272 e. The SMILES string of the molecule is CC(C)CNS(=O)(=O)Nc1nn(C)cc1S(N)(=O)=O. The molecule has 1 heterocycles. The fourth-order valence-electron chi connectivity index (χ4n) is 1.19. The van der Waals surface area contributed by atoms with Crippen molar-refractivity contribution in [3.63, 3.8) is 0 Å². The minimum atomic E-state index is -4.05. The van der Waals surface area contributed by atoms with Gasteiger partial charge in [-0.1, -0.05) is 13.8 Å². The molecule has 1 rings (SSSR count). The number of sulfonamides is 1. The predicted molar refractivity (Wildman–Crippen MR) is 70.0 cm³/mol. The summed E-state index contributed by atoms with van der Waals surface area (Å²) in [6.45, 7) is 3.88. The molecule has 110 valence electrons. The summed E-state index contributed by atoms with van der Waals surface area (Å²) in [5.74, 6) is -0.223. The van der Waals surface area contributed by atoms with Gasteiger partial charge in [-0.05, 0) is 5.92 Å². The Balaban J connectivity index is 3.00. The lowest BCUT2D eigenvalue weighted by atomic mass is 10.2. The maximum absolute atomic E-state index is 11.7. The van der Waals surface area contributed by atoms with Crippen molar-refractivity contribution in [2.24, 2.45) is 18.1 Å². The zero-order valence-corrected chi connectivity index (χ0v) is 12.4. The predicted octanol–water partition coefficient (Wildman–Crippen LogP) is -1.03. The second-order valence-electron chi connectivity index (χ2n) is 4.41. The molecule has 1 aromatic rings. The lowest BCUT2D eigenvalue weighted by Gasteiger charge is -2.09. The quantitative estimate of drug-likeness (QED) is 0.617. The maximum atomic E-state index is 11.7. The van der Waals surface area contributed by atoms with Gasteiger partial charge in [0.25, 0.3) is 10.2 Å². The molecule has 0 radical (unpaired) electrons. The van der Waals surface area contributed by atoms with E-state index in [0.717, 1.165) is 10.9 Å². The molecule has 0 spiro atoms. The number of aryl methyl sites for hydroxylation is 1. The van der Waals surface area contributed by atoms with Crippen LogP contribution in [-0.4, -0.2) is 33.2 Å². The second kappa shape index (κ2) is 5.45. The van der Waals surface area contributed by atoms with E-state index in [1.807, 2.05) is 18.6 Å². The van der Waals surface area contributed by atoms with Gasteiger partial charge in [0.15, 0.2) is 5.82 Å². The van der Waals surface area contributed by atoms with E-state index in [1.54, 1.807) is 0 Å². The van der Waals surface area contributed by atoms with E-state index in [-0.39, 0.29) is 23.2 Å². The Morgan fingerprint density at radius 3 is 2.42 bits per heavy atom. The first-order valence-corrected chi connectivity index (χ1v) is 8.38. The van der Waals surface area contributed by atoms with Crippen molar-refractivity contribution in [2.45, 2.75) is 18.7 Å². The van der Waals surface area contributed by atoms with E-state index in [2.05, 4.69) is 9.82 Å². The molecule has 0 saturated carbocycles. The molecule has 0 bridgehead atoms. The van der Waals surface area contributed by atoms with E-state index in [4.69, 9.17) is 5.14 Å². The van der Waals surface area contributed by atoms with Gasteiger partial charge in [0.05, 0.1) is 0 Å². The molecule has 1 aromatic heterocycles. The van der Waals surface area contributed by atoms with Gasteiger partial charge in [0, 0.05) is 19.8 Å². The van der Waals surface area contributed by atoms with Gasteiger partial charge in [0.2, 0.25) is 10.0 Å². The van der Waals surface area contributed by atoms with Crippen LogP contribution < -0.4 is 14.6 Å². The van der Waals surface area contributed by atoms with Crippen LogP contribution in [0.25, 0.3) is 0 Å².